The minimum absolute atomic E-state index is 0.165. The Morgan fingerprint density at radius 3 is 2.25 bits per heavy atom. The molecule has 1 heterocycles. The Labute approximate surface area is 115 Å². The zero-order chi connectivity index (χ0) is 14.5. The lowest BCUT2D eigenvalue weighted by molar-refractivity contribution is -0.369. The van der Waals surface area contributed by atoms with E-state index < -0.39 is 0 Å². The van der Waals surface area contributed by atoms with Gasteiger partial charge in [0.1, 0.15) is 0 Å². The zero-order valence-electron chi connectivity index (χ0n) is 11.4. The van der Waals surface area contributed by atoms with Crippen molar-refractivity contribution in [1.29, 1.82) is 0 Å². The number of nitrogens with zero attached hydrogens (tertiary/aromatic N) is 2. The predicted molar refractivity (Wildman–Crippen MR) is 72.4 cm³/mol. The van der Waals surface area contributed by atoms with Gasteiger partial charge in [-0.1, -0.05) is 9.97 Å². The molecule has 0 aliphatic carbocycles. The molecule has 0 bridgehead atoms. The van der Waals surface area contributed by atoms with Gasteiger partial charge in [0.15, 0.2) is 17.8 Å². The molecule has 0 aliphatic rings. The van der Waals surface area contributed by atoms with E-state index in [0.29, 0.717) is 28.9 Å². The minimum Gasteiger partial charge on any atom is -0.493 e. The number of nitrogens with two attached hydrogens (primary N) is 1. The molecule has 4 N–H and O–H groups in total. The quantitative estimate of drug-likeness (QED) is 0.826. The molecule has 2 aromatic rings. The van der Waals surface area contributed by atoms with Crippen LogP contribution in [0.5, 0.6) is 17.2 Å². The van der Waals surface area contributed by atoms with Crippen LogP contribution in [0.25, 0.3) is 0 Å². The molecule has 106 valence electrons. The summed E-state index contributed by atoms with van der Waals surface area (Å²) in [5, 5.41) is 3.04. The number of hydrogen-bond donors (Lipinski definition) is 2. The van der Waals surface area contributed by atoms with Gasteiger partial charge in [0, 0.05) is 12.1 Å². The largest absolute Gasteiger partial charge is 0.493 e. The van der Waals surface area contributed by atoms with E-state index in [0.717, 1.165) is 0 Å². The van der Waals surface area contributed by atoms with Crippen molar-refractivity contribution >= 4 is 17.6 Å². The molecule has 2 rings (SSSR count). The average Bonchev–Trinajstić information content (AvgIpc) is 2.46. The second-order valence-electron chi connectivity index (χ2n) is 3.76. The van der Waals surface area contributed by atoms with Crippen LogP contribution in [0, 0.1) is 0 Å². The Morgan fingerprint density at radius 2 is 1.75 bits per heavy atom. The van der Waals surface area contributed by atoms with E-state index in [9.17, 15) is 0 Å². The standard InChI is InChI=1S/C12H15N5O3/c1-18-8-4-7(5-9(19-2)10(8)20-3)16-12-15-6-14-11(13)17-12/h4-6H,1-3H3,(H3,13,14,15,16,17)/p+1. The zero-order valence-corrected chi connectivity index (χ0v) is 11.4. The van der Waals surface area contributed by atoms with Crippen LogP contribution in [0.15, 0.2) is 18.5 Å². The highest BCUT2D eigenvalue weighted by molar-refractivity contribution is 5.65. The first kappa shape index (κ1) is 13.7. The molecule has 0 unspecified atom stereocenters. The molecule has 0 saturated heterocycles. The number of aromatic amines is 1. The summed E-state index contributed by atoms with van der Waals surface area (Å²) in [6.07, 6.45) is 1.45. The highest BCUT2D eigenvalue weighted by Crippen LogP contribution is 2.40. The van der Waals surface area contributed by atoms with Gasteiger partial charge in [-0.05, 0) is 0 Å². The molecular formula is C12H16N5O3+. The lowest BCUT2D eigenvalue weighted by atomic mass is 10.2. The number of ether oxygens (including phenoxy) is 3. The van der Waals surface area contributed by atoms with E-state index >= 15 is 0 Å². The van der Waals surface area contributed by atoms with Gasteiger partial charge in [0.2, 0.25) is 5.75 Å². The van der Waals surface area contributed by atoms with Gasteiger partial charge in [-0.2, -0.15) is 0 Å². The topological polar surface area (TPSA) is 106 Å². The van der Waals surface area contributed by atoms with Gasteiger partial charge >= 0.3 is 11.9 Å². The molecule has 1 aromatic carbocycles. The summed E-state index contributed by atoms with van der Waals surface area (Å²) in [6, 6.07) is 3.51. The monoisotopic (exact) mass is 278 g/mol. The van der Waals surface area contributed by atoms with Gasteiger partial charge in [-0.25, -0.2) is 4.98 Å². The molecule has 0 saturated carbocycles. The van der Waals surface area contributed by atoms with Gasteiger partial charge < -0.3 is 19.9 Å². The number of nitrogens with one attached hydrogen (secondary N) is 2. The maximum atomic E-state index is 5.52. The summed E-state index contributed by atoms with van der Waals surface area (Å²) in [5.41, 5.74) is 6.22. The lowest BCUT2D eigenvalue weighted by Gasteiger charge is -2.13. The van der Waals surface area contributed by atoms with Crippen molar-refractivity contribution < 1.29 is 19.2 Å². The summed E-state index contributed by atoms with van der Waals surface area (Å²) in [5.74, 6) is 2.21. The Kier molecular flexibility index (Phi) is 4.04. The highest BCUT2D eigenvalue weighted by Gasteiger charge is 2.15. The fourth-order valence-corrected chi connectivity index (χ4v) is 1.69. The van der Waals surface area contributed by atoms with Gasteiger partial charge in [-0.15, -0.1) is 0 Å². The summed E-state index contributed by atoms with van der Waals surface area (Å²) in [4.78, 5) is 10.6. The number of benzene rings is 1. The van der Waals surface area contributed by atoms with Crippen molar-refractivity contribution in [3.05, 3.63) is 18.5 Å². The summed E-state index contributed by atoms with van der Waals surface area (Å²) >= 11 is 0. The Balaban J connectivity index is 2.37. The second-order valence-corrected chi connectivity index (χ2v) is 3.76. The molecule has 0 aliphatic heterocycles. The minimum atomic E-state index is 0.165. The van der Waals surface area contributed by atoms with Crippen molar-refractivity contribution in [3.63, 3.8) is 0 Å². The Hall–Kier alpha value is -2.77. The van der Waals surface area contributed by atoms with Crippen molar-refractivity contribution in [2.75, 3.05) is 32.4 Å². The van der Waals surface area contributed by atoms with Crippen LogP contribution < -0.4 is 30.2 Å². The first-order valence-electron chi connectivity index (χ1n) is 5.75. The highest BCUT2D eigenvalue weighted by atomic mass is 16.5. The van der Waals surface area contributed by atoms with Crippen molar-refractivity contribution in [2.24, 2.45) is 0 Å². The molecule has 8 nitrogen and oxygen atoms in total. The fourth-order valence-electron chi connectivity index (χ4n) is 1.69. The van der Waals surface area contributed by atoms with E-state index in [1.807, 2.05) is 0 Å². The Morgan fingerprint density at radius 1 is 1.10 bits per heavy atom. The van der Waals surface area contributed by atoms with Crippen LogP contribution in [0.1, 0.15) is 0 Å². The van der Waals surface area contributed by atoms with Crippen LogP contribution in [-0.2, 0) is 0 Å². The number of methoxy groups -OCH3 is 3. The first-order valence-corrected chi connectivity index (χ1v) is 5.75. The predicted octanol–water partition coefficient (Wildman–Crippen LogP) is 0.642. The van der Waals surface area contributed by atoms with Crippen molar-refractivity contribution in [3.8, 4) is 17.2 Å². The van der Waals surface area contributed by atoms with Crippen LogP contribution in [0.2, 0.25) is 0 Å². The third-order valence-corrected chi connectivity index (χ3v) is 2.55. The number of aromatic nitrogens is 3. The van der Waals surface area contributed by atoms with E-state index in [4.69, 9.17) is 19.9 Å². The fraction of sp³-hybridized carbons (Fsp3) is 0.250. The molecule has 8 heteroatoms. The van der Waals surface area contributed by atoms with E-state index in [2.05, 4.69) is 20.3 Å². The molecule has 0 radical (unpaired) electrons. The molecule has 1 aromatic heterocycles. The Bertz CT molecular complexity index is 580. The van der Waals surface area contributed by atoms with Gasteiger partial charge in [0.25, 0.3) is 0 Å². The first-order chi connectivity index (χ1) is 9.67. The number of nitrogen functional groups attached to an aromatic ring is 1. The van der Waals surface area contributed by atoms with Crippen LogP contribution in [0.4, 0.5) is 17.6 Å². The summed E-state index contributed by atoms with van der Waals surface area (Å²) in [7, 11) is 4.65. The maximum absolute atomic E-state index is 5.52. The molecular weight excluding hydrogens is 262 g/mol. The van der Waals surface area contributed by atoms with Crippen LogP contribution in [0.3, 0.4) is 0 Å². The number of anilines is 3. The molecule has 0 amide bonds. The van der Waals surface area contributed by atoms with Crippen LogP contribution in [-0.4, -0.2) is 31.3 Å². The normalized spacial score (nSPS) is 9.95. The third kappa shape index (κ3) is 2.79. The van der Waals surface area contributed by atoms with E-state index in [1.165, 1.54) is 6.33 Å². The average molecular weight is 278 g/mol. The van der Waals surface area contributed by atoms with Gasteiger partial charge in [-0.3, -0.25) is 5.32 Å². The van der Waals surface area contributed by atoms with E-state index in [-0.39, 0.29) is 5.95 Å². The van der Waals surface area contributed by atoms with E-state index in [1.54, 1.807) is 33.5 Å². The maximum Gasteiger partial charge on any atom is 0.353 e. The smallest absolute Gasteiger partial charge is 0.353 e. The number of H-pyrrole nitrogens is 1. The summed E-state index contributed by atoms with van der Waals surface area (Å²) < 4.78 is 15.8. The number of hydrogen-bond acceptors (Lipinski definition) is 7. The second kappa shape index (κ2) is 5.91. The molecule has 20 heavy (non-hydrogen) atoms. The van der Waals surface area contributed by atoms with Gasteiger partial charge in [0.05, 0.1) is 27.0 Å². The van der Waals surface area contributed by atoms with Crippen molar-refractivity contribution in [2.45, 2.75) is 0 Å². The van der Waals surface area contributed by atoms with Crippen LogP contribution >= 0.6 is 0 Å². The third-order valence-electron chi connectivity index (χ3n) is 2.55. The van der Waals surface area contributed by atoms with Crippen molar-refractivity contribution in [1.82, 2.24) is 9.97 Å². The molecule has 0 fully saturated rings. The SMILES string of the molecule is COc1cc(Nc2nc(N)nc[nH+]2)cc(OC)c1OC. The number of rotatable bonds is 5. The molecule has 0 spiro atoms. The summed E-state index contributed by atoms with van der Waals surface area (Å²) in [6.45, 7) is 0. The molecule has 0 atom stereocenters. The lowest BCUT2D eigenvalue weighted by Crippen LogP contribution is -2.14.